The van der Waals surface area contributed by atoms with Crippen LogP contribution in [0.2, 0.25) is 0 Å². The first-order valence-electron chi connectivity index (χ1n) is 8.84. The quantitative estimate of drug-likeness (QED) is 0.393. The number of carbonyl (C=O) groups is 3. The molecule has 1 unspecified atom stereocenters. The molecule has 0 rings (SSSR count). The molecule has 0 radical (unpaired) electrons. The fourth-order valence-electron chi connectivity index (χ4n) is 2.05. The highest BCUT2D eigenvalue weighted by molar-refractivity contribution is 5.81. The summed E-state index contributed by atoms with van der Waals surface area (Å²) in [6.07, 6.45) is 3.81. The Morgan fingerprint density at radius 1 is 1.00 bits per heavy atom. The standard InChI is InChI=1S/C17H33N3O5/c1-17(2,3)25-16(24)20-12-8-6-9-13(18)15(23)19-11-7-4-5-10-14(21)22/h13H,4-12,18H2,1-3H3,(H,19,23)(H,20,24)(H,21,22). The number of rotatable bonds is 12. The van der Waals surface area contributed by atoms with Crippen LogP contribution in [-0.4, -0.2) is 47.8 Å². The van der Waals surface area contributed by atoms with Crippen molar-refractivity contribution in [3.8, 4) is 0 Å². The largest absolute Gasteiger partial charge is 0.481 e. The van der Waals surface area contributed by atoms with Gasteiger partial charge in [0.25, 0.3) is 0 Å². The van der Waals surface area contributed by atoms with Crippen LogP contribution in [0.5, 0.6) is 0 Å². The van der Waals surface area contributed by atoms with Gasteiger partial charge >= 0.3 is 12.1 Å². The number of hydrogen-bond acceptors (Lipinski definition) is 5. The van der Waals surface area contributed by atoms with Crippen LogP contribution in [0.4, 0.5) is 4.79 Å². The molecule has 0 aliphatic carbocycles. The molecule has 0 saturated heterocycles. The van der Waals surface area contributed by atoms with E-state index in [2.05, 4.69) is 10.6 Å². The SMILES string of the molecule is CC(C)(C)OC(=O)NCCCCC(N)C(=O)NCCCCCC(=O)O. The summed E-state index contributed by atoms with van der Waals surface area (Å²) in [5, 5.41) is 13.9. The monoisotopic (exact) mass is 359 g/mol. The summed E-state index contributed by atoms with van der Waals surface area (Å²) < 4.78 is 5.12. The number of carboxylic acids is 1. The van der Waals surface area contributed by atoms with E-state index in [9.17, 15) is 14.4 Å². The molecule has 0 fully saturated rings. The third kappa shape index (κ3) is 15.4. The molecule has 146 valence electrons. The van der Waals surface area contributed by atoms with E-state index in [-0.39, 0.29) is 12.3 Å². The lowest BCUT2D eigenvalue weighted by Gasteiger charge is -2.19. The summed E-state index contributed by atoms with van der Waals surface area (Å²) in [6, 6.07) is -0.569. The summed E-state index contributed by atoms with van der Waals surface area (Å²) in [5.74, 6) is -0.995. The molecule has 2 amide bonds. The minimum absolute atomic E-state index is 0.158. The molecule has 8 heteroatoms. The second-order valence-corrected chi connectivity index (χ2v) is 7.03. The molecular formula is C17H33N3O5. The van der Waals surface area contributed by atoms with Crippen LogP contribution < -0.4 is 16.4 Å². The molecule has 0 aliphatic rings. The molecule has 0 aromatic heterocycles. The smallest absolute Gasteiger partial charge is 0.407 e. The summed E-state index contributed by atoms with van der Waals surface area (Å²) in [6.45, 7) is 6.39. The van der Waals surface area contributed by atoms with Gasteiger partial charge in [-0.2, -0.15) is 0 Å². The fraction of sp³-hybridized carbons (Fsp3) is 0.824. The van der Waals surface area contributed by atoms with E-state index in [4.69, 9.17) is 15.6 Å². The molecule has 8 nitrogen and oxygen atoms in total. The van der Waals surface area contributed by atoms with Gasteiger partial charge in [0, 0.05) is 19.5 Å². The van der Waals surface area contributed by atoms with Crippen molar-refractivity contribution in [2.75, 3.05) is 13.1 Å². The Kier molecular flexibility index (Phi) is 11.6. The van der Waals surface area contributed by atoms with Crippen LogP contribution in [0, 0.1) is 0 Å². The van der Waals surface area contributed by atoms with Crippen molar-refractivity contribution in [3.63, 3.8) is 0 Å². The Morgan fingerprint density at radius 2 is 1.60 bits per heavy atom. The van der Waals surface area contributed by atoms with Gasteiger partial charge in [0.05, 0.1) is 6.04 Å². The van der Waals surface area contributed by atoms with E-state index in [1.54, 1.807) is 20.8 Å². The van der Waals surface area contributed by atoms with Crippen LogP contribution in [-0.2, 0) is 14.3 Å². The number of nitrogens with two attached hydrogens (primary N) is 1. The molecule has 1 atom stereocenters. The first-order valence-corrected chi connectivity index (χ1v) is 8.84. The molecule has 25 heavy (non-hydrogen) atoms. The Bertz CT molecular complexity index is 421. The van der Waals surface area contributed by atoms with Crippen molar-refractivity contribution in [2.45, 2.75) is 77.4 Å². The van der Waals surface area contributed by atoms with E-state index >= 15 is 0 Å². The van der Waals surface area contributed by atoms with Gasteiger partial charge in [-0.05, 0) is 52.9 Å². The van der Waals surface area contributed by atoms with Gasteiger partial charge in [0.2, 0.25) is 5.91 Å². The number of amides is 2. The predicted molar refractivity (Wildman–Crippen MR) is 95.2 cm³/mol. The maximum absolute atomic E-state index is 11.8. The van der Waals surface area contributed by atoms with Crippen LogP contribution >= 0.6 is 0 Å². The zero-order valence-corrected chi connectivity index (χ0v) is 15.6. The first-order chi connectivity index (χ1) is 11.6. The molecule has 0 aromatic rings. The average molecular weight is 359 g/mol. The number of carboxylic acid groups (broad SMARTS) is 1. The van der Waals surface area contributed by atoms with Crippen LogP contribution in [0.1, 0.15) is 65.7 Å². The van der Waals surface area contributed by atoms with Crippen molar-refractivity contribution < 1.29 is 24.2 Å². The van der Waals surface area contributed by atoms with E-state index in [1.807, 2.05) is 0 Å². The van der Waals surface area contributed by atoms with E-state index in [1.165, 1.54) is 0 Å². The normalized spacial score (nSPS) is 12.3. The van der Waals surface area contributed by atoms with Crippen molar-refractivity contribution >= 4 is 18.0 Å². The van der Waals surface area contributed by atoms with Gasteiger partial charge in [0.1, 0.15) is 5.60 Å². The van der Waals surface area contributed by atoms with Crippen molar-refractivity contribution in [2.24, 2.45) is 5.73 Å². The predicted octanol–water partition coefficient (Wildman–Crippen LogP) is 1.77. The van der Waals surface area contributed by atoms with Crippen LogP contribution in [0.15, 0.2) is 0 Å². The number of nitrogens with one attached hydrogen (secondary N) is 2. The number of ether oxygens (including phenoxy) is 1. The Labute approximate surface area is 149 Å². The highest BCUT2D eigenvalue weighted by Crippen LogP contribution is 2.06. The first kappa shape index (κ1) is 23.2. The summed E-state index contributed by atoms with van der Waals surface area (Å²) in [7, 11) is 0. The third-order valence-corrected chi connectivity index (χ3v) is 3.31. The van der Waals surface area contributed by atoms with Gasteiger partial charge in [-0.3, -0.25) is 9.59 Å². The Balaban J connectivity index is 3.61. The molecular weight excluding hydrogens is 326 g/mol. The van der Waals surface area contributed by atoms with E-state index in [0.29, 0.717) is 25.9 Å². The highest BCUT2D eigenvalue weighted by Gasteiger charge is 2.16. The zero-order chi connectivity index (χ0) is 19.3. The minimum atomic E-state index is -0.799. The lowest BCUT2D eigenvalue weighted by Crippen LogP contribution is -2.41. The molecule has 5 N–H and O–H groups in total. The number of hydrogen-bond donors (Lipinski definition) is 4. The summed E-state index contributed by atoms with van der Waals surface area (Å²) in [4.78, 5) is 33.6. The van der Waals surface area contributed by atoms with Crippen LogP contribution in [0.3, 0.4) is 0 Å². The lowest BCUT2D eigenvalue weighted by atomic mass is 10.1. The Morgan fingerprint density at radius 3 is 2.20 bits per heavy atom. The van der Waals surface area contributed by atoms with Crippen LogP contribution in [0.25, 0.3) is 0 Å². The molecule has 0 aromatic carbocycles. The fourth-order valence-corrected chi connectivity index (χ4v) is 2.05. The van der Waals surface area contributed by atoms with Gasteiger partial charge < -0.3 is 26.2 Å². The topological polar surface area (TPSA) is 131 Å². The van der Waals surface area contributed by atoms with Crippen molar-refractivity contribution in [3.05, 3.63) is 0 Å². The molecule has 0 saturated carbocycles. The second-order valence-electron chi connectivity index (χ2n) is 7.03. The second kappa shape index (κ2) is 12.5. The number of carbonyl (C=O) groups excluding carboxylic acids is 2. The zero-order valence-electron chi connectivity index (χ0n) is 15.6. The highest BCUT2D eigenvalue weighted by atomic mass is 16.6. The summed E-state index contributed by atoms with van der Waals surface area (Å²) >= 11 is 0. The van der Waals surface area contributed by atoms with E-state index in [0.717, 1.165) is 25.7 Å². The molecule has 0 aliphatic heterocycles. The van der Waals surface area contributed by atoms with Gasteiger partial charge in [-0.1, -0.05) is 6.42 Å². The number of unbranched alkanes of at least 4 members (excludes halogenated alkanes) is 3. The number of alkyl carbamates (subject to hydrolysis) is 1. The molecule has 0 bridgehead atoms. The van der Waals surface area contributed by atoms with Gasteiger partial charge in [0.15, 0.2) is 0 Å². The summed E-state index contributed by atoms with van der Waals surface area (Å²) in [5.41, 5.74) is 5.31. The van der Waals surface area contributed by atoms with Gasteiger partial charge in [-0.15, -0.1) is 0 Å². The van der Waals surface area contributed by atoms with Gasteiger partial charge in [-0.25, -0.2) is 4.79 Å². The van der Waals surface area contributed by atoms with Crippen molar-refractivity contribution in [1.29, 1.82) is 0 Å². The Hall–Kier alpha value is -1.83. The van der Waals surface area contributed by atoms with Crippen molar-refractivity contribution in [1.82, 2.24) is 10.6 Å². The maximum atomic E-state index is 11.8. The lowest BCUT2D eigenvalue weighted by molar-refractivity contribution is -0.137. The third-order valence-electron chi connectivity index (χ3n) is 3.31. The van der Waals surface area contributed by atoms with E-state index < -0.39 is 23.7 Å². The maximum Gasteiger partial charge on any atom is 0.407 e. The number of aliphatic carboxylic acids is 1. The average Bonchev–Trinajstić information content (AvgIpc) is 2.47. The minimum Gasteiger partial charge on any atom is -0.481 e. The molecule has 0 heterocycles. The molecule has 0 spiro atoms.